The normalized spacial score (nSPS) is 21.6. The van der Waals surface area contributed by atoms with Gasteiger partial charge in [0.05, 0.1) is 30.6 Å². The van der Waals surface area contributed by atoms with Crippen molar-refractivity contribution in [2.45, 2.75) is 38.5 Å². The first kappa shape index (κ1) is 18.4. The van der Waals surface area contributed by atoms with Crippen LogP contribution in [0.1, 0.15) is 25.3 Å². The van der Waals surface area contributed by atoms with Gasteiger partial charge in [0, 0.05) is 22.8 Å². The third kappa shape index (κ3) is 3.85. The maximum atomic E-state index is 13.4. The van der Waals surface area contributed by atoms with Crippen molar-refractivity contribution < 1.29 is 14.3 Å². The number of pyridine rings is 1. The molecule has 0 bridgehead atoms. The summed E-state index contributed by atoms with van der Waals surface area (Å²) in [5.41, 5.74) is 2.65. The van der Waals surface area contributed by atoms with E-state index in [0.717, 1.165) is 33.6 Å². The summed E-state index contributed by atoms with van der Waals surface area (Å²) in [4.78, 5) is 19.6. The number of rotatable bonds is 3. The largest absolute Gasteiger partial charge is 0.376 e. The molecule has 1 amide bonds. The third-order valence-electron chi connectivity index (χ3n) is 4.90. The fourth-order valence-electron chi connectivity index (χ4n) is 3.56. The van der Waals surface area contributed by atoms with Gasteiger partial charge in [0.1, 0.15) is 11.9 Å². The summed E-state index contributed by atoms with van der Waals surface area (Å²) in [7, 11) is 0. The van der Waals surface area contributed by atoms with Gasteiger partial charge in [0.2, 0.25) is 0 Å². The standard InChI is InChI=1S/C20H22BrN3O3/c1-2-26-15-6-8-18(27-12-15)20(25)24-11-13-4-3-9-22-19(13)23-16-7-5-14(21)10-17(16)24/h3-5,7,9-10,15,18H,2,6,8,11-12H2,1H3,(H,22,23). The first-order valence-electron chi connectivity index (χ1n) is 9.20. The molecule has 1 N–H and O–H groups in total. The van der Waals surface area contributed by atoms with Gasteiger partial charge in [-0.05, 0) is 44.0 Å². The monoisotopic (exact) mass is 431 g/mol. The van der Waals surface area contributed by atoms with E-state index < -0.39 is 6.10 Å². The zero-order valence-electron chi connectivity index (χ0n) is 15.2. The molecule has 4 rings (SSSR count). The average Bonchev–Trinajstić information content (AvgIpc) is 2.85. The van der Waals surface area contributed by atoms with Crippen LogP contribution in [-0.4, -0.2) is 36.3 Å². The molecule has 7 heteroatoms. The third-order valence-corrected chi connectivity index (χ3v) is 5.39. The topological polar surface area (TPSA) is 63.7 Å². The molecule has 1 fully saturated rings. The van der Waals surface area contributed by atoms with E-state index in [4.69, 9.17) is 9.47 Å². The van der Waals surface area contributed by atoms with Crippen LogP contribution in [0.25, 0.3) is 0 Å². The van der Waals surface area contributed by atoms with Crippen LogP contribution >= 0.6 is 15.9 Å². The van der Waals surface area contributed by atoms with Crippen LogP contribution in [0.15, 0.2) is 41.0 Å². The predicted octanol–water partition coefficient (Wildman–Crippen LogP) is 4.02. The molecule has 2 aromatic rings. The summed E-state index contributed by atoms with van der Waals surface area (Å²) < 4.78 is 12.4. The van der Waals surface area contributed by atoms with Crippen molar-refractivity contribution in [1.82, 2.24) is 4.98 Å². The van der Waals surface area contributed by atoms with Crippen molar-refractivity contribution in [3.8, 4) is 0 Å². The van der Waals surface area contributed by atoms with Gasteiger partial charge in [-0.15, -0.1) is 0 Å². The Balaban J connectivity index is 1.63. The summed E-state index contributed by atoms with van der Waals surface area (Å²) >= 11 is 3.52. The van der Waals surface area contributed by atoms with Crippen molar-refractivity contribution >= 4 is 39.0 Å². The number of hydrogen-bond acceptors (Lipinski definition) is 5. The summed E-state index contributed by atoms with van der Waals surface area (Å²) in [5.74, 6) is 0.750. The number of benzene rings is 1. The quantitative estimate of drug-likeness (QED) is 0.794. The lowest BCUT2D eigenvalue weighted by Gasteiger charge is -2.32. The van der Waals surface area contributed by atoms with Gasteiger partial charge < -0.3 is 19.7 Å². The van der Waals surface area contributed by atoms with Gasteiger partial charge in [-0.3, -0.25) is 4.79 Å². The number of amides is 1. The lowest BCUT2D eigenvalue weighted by molar-refractivity contribution is -0.140. The number of carbonyl (C=O) groups is 1. The Morgan fingerprint density at radius 1 is 1.41 bits per heavy atom. The molecule has 2 aliphatic heterocycles. The molecule has 1 saturated heterocycles. The van der Waals surface area contributed by atoms with E-state index in [-0.39, 0.29) is 12.0 Å². The number of carbonyl (C=O) groups excluding carboxylic acids is 1. The molecule has 0 aliphatic carbocycles. The minimum atomic E-state index is -0.452. The maximum Gasteiger partial charge on any atom is 0.256 e. The maximum absolute atomic E-state index is 13.4. The lowest BCUT2D eigenvalue weighted by atomic mass is 10.0. The van der Waals surface area contributed by atoms with Gasteiger partial charge in [-0.25, -0.2) is 4.98 Å². The molecule has 0 saturated carbocycles. The van der Waals surface area contributed by atoms with E-state index in [0.29, 0.717) is 26.2 Å². The van der Waals surface area contributed by atoms with E-state index in [2.05, 4.69) is 26.2 Å². The van der Waals surface area contributed by atoms with Crippen molar-refractivity contribution in [2.24, 2.45) is 0 Å². The Kier molecular flexibility index (Phi) is 5.43. The fraction of sp³-hybridized carbons (Fsp3) is 0.400. The van der Waals surface area contributed by atoms with E-state index in [1.807, 2.05) is 37.3 Å². The molecule has 27 heavy (non-hydrogen) atoms. The smallest absolute Gasteiger partial charge is 0.256 e. The Bertz CT molecular complexity index is 837. The Morgan fingerprint density at radius 3 is 3.07 bits per heavy atom. The minimum absolute atomic E-state index is 0.0252. The molecule has 2 aliphatic rings. The van der Waals surface area contributed by atoms with Crippen molar-refractivity contribution in [2.75, 3.05) is 23.4 Å². The zero-order valence-corrected chi connectivity index (χ0v) is 16.7. The first-order valence-corrected chi connectivity index (χ1v) is 10.00. The van der Waals surface area contributed by atoms with Crippen LogP contribution in [0.4, 0.5) is 17.2 Å². The molecule has 6 nitrogen and oxygen atoms in total. The van der Waals surface area contributed by atoms with Crippen molar-refractivity contribution in [3.63, 3.8) is 0 Å². The molecule has 2 atom stereocenters. The molecule has 0 spiro atoms. The van der Waals surface area contributed by atoms with E-state index >= 15 is 0 Å². The van der Waals surface area contributed by atoms with Crippen LogP contribution in [-0.2, 0) is 20.8 Å². The number of ether oxygens (including phenoxy) is 2. The highest BCUT2D eigenvalue weighted by molar-refractivity contribution is 9.10. The summed E-state index contributed by atoms with van der Waals surface area (Å²) in [6, 6.07) is 9.74. The predicted molar refractivity (Wildman–Crippen MR) is 107 cm³/mol. The second-order valence-electron chi connectivity index (χ2n) is 6.70. The molecule has 2 unspecified atom stereocenters. The number of anilines is 3. The molecule has 0 radical (unpaired) electrons. The fourth-order valence-corrected chi connectivity index (χ4v) is 3.90. The van der Waals surface area contributed by atoms with E-state index in [9.17, 15) is 4.79 Å². The van der Waals surface area contributed by atoms with Gasteiger partial charge in [0.15, 0.2) is 0 Å². The first-order chi connectivity index (χ1) is 13.2. The van der Waals surface area contributed by atoms with Crippen LogP contribution in [0.3, 0.4) is 0 Å². The van der Waals surface area contributed by atoms with Gasteiger partial charge >= 0.3 is 0 Å². The van der Waals surface area contributed by atoms with Gasteiger partial charge in [0.25, 0.3) is 5.91 Å². The van der Waals surface area contributed by atoms with E-state index in [1.165, 1.54) is 0 Å². The van der Waals surface area contributed by atoms with Gasteiger partial charge in [-0.2, -0.15) is 0 Å². The number of nitrogens with zero attached hydrogens (tertiary/aromatic N) is 2. The average molecular weight is 432 g/mol. The zero-order chi connectivity index (χ0) is 18.8. The lowest BCUT2D eigenvalue weighted by Crippen LogP contribution is -2.44. The molecular formula is C20H22BrN3O3. The molecule has 1 aromatic heterocycles. The van der Waals surface area contributed by atoms with Gasteiger partial charge in [-0.1, -0.05) is 22.0 Å². The molecule has 142 valence electrons. The summed E-state index contributed by atoms with van der Waals surface area (Å²) in [5, 5.41) is 3.36. The summed E-state index contributed by atoms with van der Waals surface area (Å²) in [6.07, 6.45) is 2.87. The van der Waals surface area contributed by atoms with Crippen LogP contribution < -0.4 is 10.2 Å². The molecule has 3 heterocycles. The van der Waals surface area contributed by atoms with Crippen LogP contribution in [0.5, 0.6) is 0 Å². The Morgan fingerprint density at radius 2 is 2.30 bits per heavy atom. The van der Waals surface area contributed by atoms with E-state index in [1.54, 1.807) is 11.1 Å². The highest BCUT2D eigenvalue weighted by Gasteiger charge is 2.33. The molecular weight excluding hydrogens is 410 g/mol. The number of fused-ring (bicyclic) bond motifs is 2. The molecule has 1 aromatic carbocycles. The van der Waals surface area contributed by atoms with Crippen LogP contribution in [0, 0.1) is 0 Å². The highest BCUT2D eigenvalue weighted by Crippen LogP contribution is 2.37. The Hall–Kier alpha value is -1.96. The van der Waals surface area contributed by atoms with Crippen molar-refractivity contribution in [3.05, 3.63) is 46.6 Å². The number of halogens is 1. The summed E-state index contributed by atoms with van der Waals surface area (Å²) in [6.45, 7) is 3.55. The van der Waals surface area contributed by atoms with Crippen molar-refractivity contribution in [1.29, 1.82) is 0 Å². The second kappa shape index (κ2) is 7.96. The van der Waals surface area contributed by atoms with Crippen LogP contribution in [0.2, 0.25) is 0 Å². The second-order valence-corrected chi connectivity index (χ2v) is 7.61. The SMILES string of the molecule is CCOC1CCC(C(=O)N2Cc3cccnc3Nc3ccc(Br)cc32)OC1. The number of aromatic nitrogens is 1. The highest BCUT2D eigenvalue weighted by atomic mass is 79.9. The minimum Gasteiger partial charge on any atom is -0.376 e. The Labute approximate surface area is 167 Å². The number of hydrogen-bond donors (Lipinski definition) is 1. The number of nitrogens with one attached hydrogen (secondary N) is 1.